The van der Waals surface area contributed by atoms with Gasteiger partial charge in [-0.3, -0.25) is 4.79 Å². The number of carbonyl (C=O) groups excluding carboxylic acids is 1. The summed E-state index contributed by atoms with van der Waals surface area (Å²) in [5.74, 6) is 0.197. The lowest BCUT2D eigenvalue weighted by atomic mass is 10.1. The van der Waals surface area contributed by atoms with Crippen LogP contribution in [-0.4, -0.2) is 37.8 Å². The molecule has 0 bridgehead atoms. The number of rotatable bonds is 5. The van der Waals surface area contributed by atoms with Gasteiger partial charge in [0.15, 0.2) is 0 Å². The van der Waals surface area contributed by atoms with Gasteiger partial charge in [-0.25, -0.2) is 8.42 Å². The number of carbonyl (C=O) groups is 1. The number of halogens is 2. The predicted molar refractivity (Wildman–Crippen MR) is 113 cm³/mol. The van der Waals surface area contributed by atoms with E-state index in [9.17, 15) is 18.5 Å². The summed E-state index contributed by atoms with van der Waals surface area (Å²) in [6.45, 7) is 1.92. The first-order chi connectivity index (χ1) is 14.2. The average molecular weight is 468 g/mol. The van der Waals surface area contributed by atoms with Gasteiger partial charge < -0.3 is 10.1 Å². The van der Waals surface area contributed by atoms with E-state index in [1.165, 1.54) is 47.6 Å². The van der Waals surface area contributed by atoms with Gasteiger partial charge in [0.1, 0.15) is 16.4 Å². The van der Waals surface area contributed by atoms with Crippen molar-refractivity contribution < 1.29 is 17.9 Å². The Balaban J connectivity index is 1.91. The highest BCUT2D eigenvalue weighted by Crippen LogP contribution is 2.34. The number of amides is 1. The second kappa shape index (κ2) is 9.23. The number of sulfonamides is 1. The van der Waals surface area contributed by atoms with Gasteiger partial charge in [0.25, 0.3) is 0 Å². The van der Waals surface area contributed by atoms with E-state index >= 15 is 0 Å². The van der Waals surface area contributed by atoms with Gasteiger partial charge in [-0.2, -0.15) is 9.57 Å². The molecule has 30 heavy (non-hydrogen) atoms. The zero-order chi connectivity index (χ0) is 21.9. The number of nitriles is 1. The normalized spacial score (nSPS) is 15.4. The molecular formula is C20H19Cl2N3O4S. The molecular weight excluding hydrogens is 449 g/mol. The third-order valence-electron chi connectivity index (χ3n) is 4.62. The van der Waals surface area contributed by atoms with Crippen LogP contribution in [0.25, 0.3) is 0 Å². The minimum Gasteiger partial charge on any atom is -0.456 e. The molecule has 3 rings (SSSR count). The molecule has 1 aliphatic rings. The van der Waals surface area contributed by atoms with Crippen LogP contribution in [0.5, 0.6) is 11.5 Å². The van der Waals surface area contributed by atoms with Crippen molar-refractivity contribution in [2.75, 3.05) is 13.1 Å². The fourth-order valence-corrected chi connectivity index (χ4v) is 5.36. The highest BCUT2D eigenvalue weighted by atomic mass is 35.5. The average Bonchev–Trinajstić information content (AvgIpc) is 2.67. The molecule has 0 aromatic heterocycles. The summed E-state index contributed by atoms with van der Waals surface area (Å²) in [7, 11) is -3.94. The number of benzene rings is 2. The number of ether oxygens (including phenoxy) is 1. The summed E-state index contributed by atoms with van der Waals surface area (Å²) in [5, 5.41) is 12.7. The monoisotopic (exact) mass is 467 g/mol. The highest BCUT2D eigenvalue weighted by molar-refractivity contribution is 7.89. The van der Waals surface area contributed by atoms with E-state index in [0.717, 1.165) is 0 Å². The molecule has 0 radical (unpaired) electrons. The fourth-order valence-electron chi connectivity index (χ4n) is 3.24. The van der Waals surface area contributed by atoms with E-state index in [-0.39, 0.29) is 47.0 Å². The van der Waals surface area contributed by atoms with Crippen molar-refractivity contribution in [1.82, 2.24) is 9.62 Å². The van der Waals surface area contributed by atoms with E-state index in [0.29, 0.717) is 22.9 Å². The minimum absolute atomic E-state index is 0.0660. The van der Waals surface area contributed by atoms with Crippen molar-refractivity contribution in [3.05, 3.63) is 52.0 Å². The molecule has 0 atom stereocenters. The zero-order valence-corrected chi connectivity index (χ0v) is 18.4. The predicted octanol–water partition coefficient (Wildman–Crippen LogP) is 3.95. The molecule has 1 saturated heterocycles. The van der Waals surface area contributed by atoms with Gasteiger partial charge in [0, 0.05) is 36.1 Å². The number of nitrogens with zero attached hydrogens (tertiary/aromatic N) is 2. The number of hydrogen-bond donors (Lipinski definition) is 1. The molecule has 0 spiro atoms. The van der Waals surface area contributed by atoms with E-state index in [4.69, 9.17) is 27.9 Å². The van der Waals surface area contributed by atoms with Gasteiger partial charge in [-0.1, -0.05) is 23.2 Å². The first-order valence-electron chi connectivity index (χ1n) is 9.14. The van der Waals surface area contributed by atoms with Crippen LogP contribution >= 0.6 is 23.2 Å². The fraction of sp³-hybridized carbons (Fsp3) is 0.300. The Kier molecular flexibility index (Phi) is 6.88. The zero-order valence-electron chi connectivity index (χ0n) is 16.1. The van der Waals surface area contributed by atoms with Crippen LogP contribution in [0.3, 0.4) is 0 Å². The van der Waals surface area contributed by atoms with Crippen LogP contribution in [0.15, 0.2) is 41.3 Å². The van der Waals surface area contributed by atoms with Gasteiger partial charge >= 0.3 is 0 Å². The smallest absolute Gasteiger partial charge is 0.246 e. The maximum Gasteiger partial charge on any atom is 0.246 e. The Morgan fingerprint density at radius 3 is 2.37 bits per heavy atom. The molecule has 0 unspecified atom stereocenters. The molecule has 0 aliphatic carbocycles. The van der Waals surface area contributed by atoms with E-state index in [1.54, 1.807) is 0 Å². The molecule has 1 fully saturated rings. The second-order valence-corrected chi connectivity index (χ2v) is 9.64. The van der Waals surface area contributed by atoms with Crippen LogP contribution in [-0.2, 0) is 14.8 Å². The Bertz CT molecular complexity index is 1090. The number of nitrogens with one attached hydrogen (secondary N) is 1. The molecule has 0 saturated carbocycles. The maximum atomic E-state index is 13.3. The van der Waals surface area contributed by atoms with Crippen molar-refractivity contribution in [3.8, 4) is 17.6 Å². The first-order valence-corrected chi connectivity index (χ1v) is 11.3. The second-order valence-electron chi connectivity index (χ2n) is 6.86. The lowest BCUT2D eigenvalue weighted by molar-refractivity contribution is -0.119. The van der Waals surface area contributed by atoms with Crippen LogP contribution in [0.1, 0.15) is 25.3 Å². The molecule has 2 aromatic carbocycles. The van der Waals surface area contributed by atoms with Crippen molar-refractivity contribution in [2.45, 2.75) is 30.7 Å². The van der Waals surface area contributed by atoms with Gasteiger partial charge in [-0.15, -0.1) is 0 Å². The van der Waals surface area contributed by atoms with Gasteiger partial charge in [-0.05, 0) is 49.2 Å². The Morgan fingerprint density at radius 2 is 1.80 bits per heavy atom. The Morgan fingerprint density at radius 1 is 1.17 bits per heavy atom. The van der Waals surface area contributed by atoms with Crippen molar-refractivity contribution >= 4 is 39.1 Å². The van der Waals surface area contributed by atoms with Crippen LogP contribution in [0.4, 0.5) is 0 Å². The summed E-state index contributed by atoms with van der Waals surface area (Å²) in [6, 6.07) is 10.6. The lowest BCUT2D eigenvalue weighted by Crippen LogP contribution is -2.46. The van der Waals surface area contributed by atoms with Crippen LogP contribution in [0.2, 0.25) is 10.0 Å². The molecule has 10 heteroatoms. The molecule has 1 heterocycles. The van der Waals surface area contributed by atoms with Gasteiger partial charge in [0.05, 0.1) is 11.6 Å². The molecule has 2 aromatic rings. The highest BCUT2D eigenvalue weighted by Gasteiger charge is 2.32. The largest absolute Gasteiger partial charge is 0.456 e. The van der Waals surface area contributed by atoms with Crippen LogP contribution < -0.4 is 10.1 Å². The number of piperidine rings is 1. The minimum atomic E-state index is -3.94. The number of hydrogen-bond acceptors (Lipinski definition) is 5. The molecule has 1 amide bonds. The Labute approximate surface area is 185 Å². The standard InChI is InChI=1S/C20H19Cl2N3O4S/c1-13(26)24-17-4-6-25(7-5-17)30(27,28)20-8-14(12-23)2-3-19(20)29-18-10-15(21)9-16(22)11-18/h2-3,8-11,17H,4-7H2,1H3,(H,24,26). The third kappa shape index (κ3) is 5.24. The van der Waals surface area contributed by atoms with Crippen LogP contribution in [0, 0.1) is 11.3 Å². The summed E-state index contributed by atoms with van der Waals surface area (Å²) < 4.78 is 33.8. The summed E-state index contributed by atoms with van der Waals surface area (Å²) in [4.78, 5) is 11.1. The van der Waals surface area contributed by atoms with Crippen molar-refractivity contribution in [3.63, 3.8) is 0 Å². The molecule has 158 valence electrons. The van der Waals surface area contributed by atoms with E-state index in [1.807, 2.05) is 6.07 Å². The third-order valence-corrected chi connectivity index (χ3v) is 6.97. The SMILES string of the molecule is CC(=O)NC1CCN(S(=O)(=O)c2cc(C#N)ccc2Oc2cc(Cl)cc(Cl)c2)CC1. The summed E-state index contributed by atoms with van der Waals surface area (Å²) >= 11 is 12.0. The topological polar surface area (TPSA) is 99.5 Å². The molecule has 1 aliphatic heterocycles. The van der Waals surface area contributed by atoms with E-state index < -0.39 is 10.0 Å². The van der Waals surface area contributed by atoms with Crippen molar-refractivity contribution in [2.24, 2.45) is 0 Å². The maximum absolute atomic E-state index is 13.3. The molecule has 1 N–H and O–H groups in total. The van der Waals surface area contributed by atoms with Crippen molar-refractivity contribution in [1.29, 1.82) is 5.26 Å². The van der Waals surface area contributed by atoms with E-state index in [2.05, 4.69) is 5.32 Å². The summed E-state index contributed by atoms with van der Waals surface area (Å²) in [6.07, 6.45) is 0.994. The van der Waals surface area contributed by atoms with Gasteiger partial charge in [0.2, 0.25) is 15.9 Å². The Hall–Kier alpha value is -2.31. The lowest BCUT2D eigenvalue weighted by Gasteiger charge is -2.31. The quantitative estimate of drug-likeness (QED) is 0.717. The first kappa shape index (κ1) is 22.4. The molecule has 7 nitrogen and oxygen atoms in total. The summed E-state index contributed by atoms with van der Waals surface area (Å²) in [5.41, 5.74) is 0.193.